The molecule has 0 aliphatic carbocycles. The number of hydrogen-bond acceptors (Lipinski definition) is 6. The molecular formula is C36H39N3O6. The predicted octanol–water partition coefficient (Wildman–Crippen LogP) is 5.08. The summed E-state index contributed by atoms with van der Waals surface area (Å²) in [6, 6.07) is 25.1. The minimum Gasteiger partial charge on any atom is -0.445 e. The summed E-state index contributed by atoms with van der Waals surface area (Å²) in [6.07, 6.45) is 2.23. The van der Waals surface area contributed by atoms with E-state index in [1.807, 2.05) is 91.1 Å². The molecule has 1 unspecified atom stereocenters. The summed E-state index contributed by atoms with van der Waals surface area (Å²) in [4.78, 5) is 56.5. The monoisotopic (exact) mass is 609 g/mol. The van der Waals surface area contributed by atoms with Crippen LogP contribution in [0, 0.1) is 5.92 Å². The Bertz CT molecular complexity index is 1630. The van der Waals surface area contributed by atoms with Gasteiger partial charge in [-0.2, -0.15) is 0 Å². The van der Waals surface area contributed by atoms with Crippen molar-refractivity contribution in [3.05, 3.63) is 108 Å². The van der Waals surface area contributed by atoms with E-state index < -0.39 is 35.6 Å². The smallest absolute Gasteiger partial charge is 0.408 e. The Morgan fingerprint density at radius 1 is 0.911 bits per heavy atom. The highest BCUT2D eigenvalue weighted by atomic mass is 16.6. The summed E-state index contributed by atoms with van der Waals surface area (Å²) in [5, 5.41) is 6.52. The second kappa shape index (κ2) is 14.3. The van der Waals surface area contributed by atoms with Gasteiger partial charge in [0.1, 0.15) is 12.2 Å². The van der Waals surface area contributed by atoms with E-state index in [0.717, 1.165) is 27.6 Å². The molecule has 3 aromatic carbocycles. The van der Waals surface area contributed by atoms with E-state index in [-0.39, 0.29) is 31.0 Å². The third-order valence-corrected chi connectivity index (χ3v) is 8.29. The number of amides is 2. The number of para-hydroxylation sites is 1. The van der Waals surface area contributed by atoms with Gasteiger partial charge in [0.25, 0.3) is 0 Å². The van der Waals surface area contributed by atoms with Crippen LogP contribution < -0.4 is 10.6 Å². The van der Waals surface area contributed by atoms with Crippen LogP contribution in [0.3, 0.4) is 0 Å². The molecule has 3 N–H and O–H groups in total. The number of carbonyl (C=O) groups excluding carboxylic acids is 4. The van der Waals surface area contributed by atoms with Crippen LogP contribution in [0.5, 0.6) is 0 Å². The molecule has 0 radical (unpaired) electrons. The fourth-order valence-electron chi connectivity index (χ4n) is 5.40. The average Bonchev–Trinajstić information content (AvgIpc) is 3.69. The largest absolute Gasteiger partial charge is 0.445 e. The molecule has 234 valence electrons. The van der Waals surface area contributed by atoms with Gasteiger partial charge in [0, 0.05) is 29.4 Å². The Balaban J connectivity index is 1.29. The van der Waals surface area contributed by atoms with Gasteiger partial charge in [-0.05, 0) is 55.9 Å². The van der Waals surface area contributed by atoms with Crippen LogP contribution in [0.15, 0.2) is 91.1 Å². The highest BCUT2D eigenvalue weighted by molar-refractivity contribution is 5.98. The zero-order chi connectivity index (χ0) is 31.8. The van der Waals surface area contributed by atoms with Crippen molar-refractivity contribution in [2.24, 2.45) is 5.92 Å². The number of Topliss-reactive ketones (excluding diaryl/α,β-unsaturated/α-hetero) is 2. The molecular weight excluding hydrogens is 570 g/mol. The topological polar surface area (TPSA) is 130 Å². The lowest BCUT2D eigenvalue weighted by Crippen LogP contribution is -2.49. The number of rotatable bonds is 15. The van der Waals surface area contributed by atoms with Gasteiger partial charge in [-0.3, -0.25) is 14.4 Å². The van der Waals surface area contributed by atoms with Gasteiger partial charge in [0.15, 0.2) is 11.6 Å². The summed E-state index contributed by atoms with van der Waals surface area (Å²) in [5.74, 6) is -1.69. The zero-order valence-corrected chi connectivity index (χ0v) is 25.6. The van der Waals surface area contributed by atoms with Crippen LogP contribution in [0.2, 0.25) is 0 Å². The minimum atomic E-state index is -0.921. The fourth-order valence-corrected chi connectivity index (χ4v) is 5.40. The number of aromatic amines is 1. The number of H-pyrrole nitrogens is 1. The van der Waals surface area contributed by atoms with Crippen molar-refractivity contribution < 1.29 is 28.7 Å². The number of ether oxygens (including phenoxy) is 2. The normalized spacial score (nSPS) is 17.6. The van der Waals surface area contributed by atoms with Crippen molar-refractivity contribution in [3.63, 3.8) is 0 Å². The third-order valence-electron chi connectivity index (χ3n) is 8.29. The summed E-state index contributed by atoms with van der Waals surface area (Å²) in [7, 11) is 0. The Hall–Kier alpha value is -4.76. The van der Waals surface area contributed by atoms with E-state index in [0.29, 0.717) is 19.4 Å². The molecule has 1 aliphatic heterocycles. The van der Waals surface area contributed by atoms with Gasteiger partial charge >= 0.3 is 6.09 Å². The van der Waals surface area contributed by atoms with E-state index >= 15 is 0 Å². The molecule has 9 heteroatoms. The number of hydrogen-bond donors (Lipinski definition) is 3. The highest BCUT2D eigenvalue weighted by Gasteiger charge is 2.50. The van der Waals surface area contributed by atoms with Gasteiger partial charge in [0.05, 0.1) is 18.7 Å². The quantitative estimate of drug-likeness (QED) is 0.161. The molecule has 4 aromatic rings. The second-order valence-electron chi connectivity index (χ2n) is 11.8. The lowest BCUT2D eigenvalue weighted by Gasteiger charge is -2.24. The van der Waals surface area contributed by atoms with Gasteiger partial charge in [-0.25, -0.2) is 4.79 Å². The molecule has 4 atom stereocenters. The predicted molar refractivity (Wildman–Crippen MR) is 170 cm³/mol. The molecule has 5 rings (SSSR count). The maximum Gasteiger partial charge on any atom is 0.408 e. The van der Waals surface area contributed by atoms with Gasteiger partial charge in [-0.15, -0.1) is 0 Å². The molecule has 0 bridgehead atoms. The highest BCUT2D eigenvalue weighted by Crippen LogP contribution is 2.30. The molecule has 45 heavy (non-hydrogen) atoms. The van der Waals surface area contributed by atoms with E-state index in [1.165, 1.54) is 0 Å². The fraction of sp³-hybridized carbons (Fsp3) is 0.333. The molecule has 2 amide bonds. The van der Waals surface area contributed by atoms with Crippen LogP contribution in [-0.4, -0.2) is 52.8 Å². The first kappa shape index (κ1) is 31.7. The van der Waals surface area contributed by atoms with Crippen molar-refractivity contribution >= 4 is 34.5 Å². The molecule has 9 nitrogen and oxygen atoms in total. The Morgan fingerprint density at radius 2 is 1.56 bits per heavy atom. The van der Waals surface area contributed by atoms with Gasteiger partial charge < -0.3 is 25.1 Å². The summed E-state index contributed by atoms with van der Waals surface area (Å²) in [5.41, 5.74) is 2.75. The Morgan fingerprint density at radius 3 is 2.24 bits per heavy atom. The molecule has 0 saturated carbocycles. The van der Waals surface area contributed by atoms with Crippen LogP contribution in [-0.2, 0) is 43.3 Å². The second-order valence-corrected chi connectivity index (χ2v) is 11.8. The van der Waals surface area contributed by atoms with Crippen molar-refractivity contribution in [2.45, 2.75) is 63.8 Å². The van der Waals surface area contributed by atoms with Crippen molar-refractivity contribution in [2.75, 3.05) is 6.61 Å². The van der Waals surface area contributed by atoms with E-state index in [1.54, 1.807) is 13.8 Å². The van der Waals surface area contributed by atoms with Crippen LogP contribution >= 0.6 is 0 Å². The number of fused-ring (bicyclic) bond motifs is 1. The summed E-state index contributed by atoms with van der Waals surface area (Å²) in [6.45, 7) is 3.68. The number of ketones is 2. The Kier molecular flexibility index (Phi) is 10.1. The van der Waals surface area contributed by atoms with E-state index in [4.69, 9.17) is 9.47 Å². The minimum absolute atomic E-state index is 0.0697. The standard InChI is InChI=1S/C36H39N3O6/c1-24(38-35(43)44-22-26-13-7-4-8-14-26)32(40)20-27(19-28-21-37-30-16-10-9-15-29(28)30)34(42)39-31(33(41)36(2)23-45-36)18-17-25-11-5-3-6-12-25/h3-16,21,24,27,31,37H,17-20,22-23H2,1-2H3,(H,38,43)(H,39,42)/t24-,27+,31?,36+/m0/s1. The first-order valence-electron chi connectivity index (χ1n) is 15.3. The van der Waals surface area contributed by atoms with Crippen LogP contribution in [0.25, 0.3) is 10.9 Å². The number of epoxide rings is 1. The number of alkyl carbamates (subject to hydrolysis) is 1. The average molecular weight is 610 g/mol. The van der Waals surface area contributed by atoms with Gasteiger partial charge in [0.2, 0.25) is 5.91 Å². The Labute approximate surface area is 262 Å². The van der Waals surface area contributed by atoms with Crippen molar-refractivity contribution in [1.82, 2.24) is 15.6 Å². The molecule has 2 heterocycles. The molecule has 1 fully saturated rings. The lowest BCUT2D eigenvalue weighted by molar-refractivity contribution is -0.134. The molecule has 1 aromatic heterocycles. The van der Waals surface area contributed by atoms with E-state index in [9.17, 15) is 19.2 Å². The van der Waals surface area contributed by atoms with E-state index in [2.05, 4.69) is 15.6 Å². The number of benzene rings is 3. The van der Waals surface area contributed by atoms with Crippen LogP contribution in [0.4, 0.5) is 4.79 Å². The van der Waals surface area contributed by atoms with Crippen molar-refractivity contribution in [3.8, 4) is 0 Å². The maximum absolute atomic E-state index is 13.9. The first-order valence-corrected chi connectivity index (χ1v) is 15.3. The number of aromatic nitrogens is 1. The number of nitrogens with one attached hydrogen (secondary N) is 3. The number of carbonyl (C=O) groups is 4. The summed E-state index contributed by atoms with van der Waals surface area (Å²) < 4.78 is 10.7. The number of aryl methyl sites for hydroxylation is 1. The first-order chi connectivity index (χ1) is 21.7. The lowest BCUT2D eigenvalue weighted by atomic mass is 9.89. The van der Waals surface area contributed by atoms with Crippen molar-refractivity contribution in [1.29, 1.82) is 0 Å². The summed E-state index contributed by atoms with van der Waals surface area (Å²) >= 11 is 0. The molecule has 1 aliphatic rings. The maximum atomic E-state index is 13.9. The third kappa shape index (κ3) is 8.45. The van der Waals surface area contributed by atoms with Crippen LogP contribution in [0.1, 0.15) is 43.4 Å². The molecule has 1 saturated heterocycles. The molecule has 0 spiro atoms. The zero-order valence-electron chi connectivity index (χ0n) is 25.6. The van der Waals surface area contributed by atoms with Gasteiger partial charge in [-0.1, -0.05) is 78.9 Å². The SMILES string of the molecule is C[C@H](NC(=O)OCc1ccccc1)C(=O)C[C@@H](Cc1c[nH]c2ccccc12)C(=O)NC(CCc1ccccc1)C(=O)[C@@]1(C)CO1.